The van der Waals surface area contributed by atoms with Crippen LogP contribution in [-0.4, -0.2) is 65.7 Å². The highest BCUT2D eigenvalue weighted by molar-refractivity contribution is 5.89. The second-order valence-electron chi connectivity index (χ2n) is 6.62. The van der Waals surface area contributed by atoms with Crippen LogP contribution in [0.15, 0.2) is 42.5 Å². The zero-order valence-corrected chi connectivity index (χ0v) is 15.7. The Labute approximate surface area is 155 Å². The minimum Gasteiger partial charge on any atom is -0.478 e. The van der Waals surface area contributed by atoms with Gasteiger partial charge in [-0.2, -0.15) is 0 Å². The van der Waals surface area contributed by atoms with E-state index in [9.17, 15) is 9.59 Å². The highest BCUT2D eigenvalue weighted by Crippen LogP contribution is 2.27. The van der Waals surface area contributed by atoms with E-state index in [-0.39, 0.29) is 0 Å². The Bertz CT molecular complexity index is 550. The first-order chi connectivity index (χ1) is 12.4. The summed E-state index contributed by atoms with van der Waals surface area (Å²) >= 11 is 0. The summed E-state index contributed by atoms with van der Waals surface area (Å²) in [5.41, 5.74) is 1.49. The molecule has 1 saturated heterocycles. The Balaban J connectivity index is 0.000000359. The molecule has 0 amide bonds. The van der Waals surface area contributed by atoms with Gasteiger partial charge in [0.05, 0.1) is 0 Å². The van der Waals surface area contributed by atoms with E-state index in [1.165, 1.54) is 44.3 Å². The van der Waals surface area contributed by atoms with Crippen molar-refractivity contribution in [1.82, 2.24) is 9.80 Å². The zero-order chi connectivity index (χ0) is 19.4. The lowest BCUT2D eigenvalue weighted by Crippen LogP contribution is -2.35. The zero-order valence-electron chi connectivity index (χ0n) is 15.7. The van der Waals surface area contributed by atoms with Crippen molar-refractivity contribution in [3.05, 3.63) is 48.0 Å². The molecular formula is C20H30N2O4. The number of rotatable bonds is 7. The Morgan fingerprint density at radius 3 is 2.04 bits per heavy atom. The SMILES string of the molecule is CN(C)CCC(c1ccccc1)N1CCCCC1.O=C(O)/C=C\C(=O)O. The average Bonchev–Trinajstić information content (AvgIpc) is 2.62. The van der Waals surface area contributed by atoms with Gasteiger partial charge in [-0.3, -0.25) is 4.90 Å². The lowest BCUT2D eigenvalue weighted by molar-refractivity contribution is -0.134. The number of nitrogens with zero attached hydrogens (tertiary/aromatic N) is 2. The molecule has 1 aromatic rings. The van der Waals surface area contributed by atoms with Gasteiger partial charge in [-0.05, 0) is 58.6 Å². The number of carboxylic acids is 2. The van der Waals surface area contributed by atoms with E-state index in [0.29, 0.717) is 18.2 Å². The molecule has 1 fully saturated rings. The molecule has 26 heavy (non-hydrogen) atoms. The summed E-state index contributed by atoms with van der Waals surface area (Å²) in [5, 5.41) is 15.6. The van der Waals surface area contributed by atoms with Crippen LogP contribution in [-0.2, 0) is 9.59 Å². The maximum Gasteiger partial charge on any atom is 0.328 e. The first kappa shape index (κ1) is 21.9. The second-order valence-corrected chi connectivity index (χ2v) is 6.62. The molecule has 0 aliphatic carbocycles. The smallest absolute Gasteiger partial charge is 0.328 e. The monoisotopic (exact) mass is 362 g/mol. The standard InChI is InChI=1S/C16H26N2.C4H4O4/c1-17(2)14-11-16(15-9-5-3-6-10-15)18-12-7-4-8-13-18;5-3(6)1-2-4(7)8/h3,5-6,9-10,16H,4,7-8,11-14H2,1-2H3;1-2H,(H,5,6)(H,7,8)/b;2-1-. The van der Waals surface area contributed by atoms with Crippen molar-refractivity contribution in [2.45, 2.75) is 31.7 Å². The summed E-state index contributed by atoms with van der Waals surface area (Å²) in [6.45, 7) is 3.70. The molecule has 0 saturated carbocycles. The lowest BCUT2D eigenvalue weighted by Gasteiger charge is -2.35. The van der Waals surface area contributed by atoms with Crippen LogP contribution in [0, 0.1) is 0 Å². The van der Waals surface area contributed by atoms with E-state index >= 15 is 0 Å². The molecule has 144 valence electrons. The molecule has 6 heteroatoms. The van der Waals surface area contributed by atoms with E-state index < -0.39 is 11.9 Å². The number of piperidine rings is 1. The van der Waals surface area contributed by atoms with Gasteiger partial charge in [-0.25, -0.2) is 9.59 Å². The van der Waals surface area contributed by atoms with E-state index in [2.05, 4.69) is 54.2 Å². The number of carboxylic acid groups (broad SMARTS) is 2. The van der Waals surface area contributed by atoms with Gasteiger partial charge in [0, 0.05) is 18.2 Å². The first-order valence-electron chi connectivity index (χ1n) is 8.98. The summed E-state index contributed by atoms with van der Waals surface area (Å²) in [4.78, 5) is 24.1. The topological polar surface area (TPSA) is 81.1 Å². The Morgan fingerprint density at radius 1 is 1.04 bits per heavy atom. The third kappa shape index (κ3) is 9.34. The largest absolute Gasteiger partial charge is 0.478 e. The number of likely N-dealkylation sites (tertiary alicyclic amines) is 1. The molecular weight excluding hydrogens is 332 g/mol. The van der Waals surface area contributed by atoms with Gasteiger partial charge in [-0.15, -0.1) is 0 Å². The minimum absolute atomic E-state index is 0.558. The number of hydrogen-bond donors (Lipinski definition) is 2. The van der Waals surface area contributed by atoms with Crippen LogP contribution in [0.25, 0.3) is 0 Å². The van der Waals surface area contributed by atoms with Gasteiger partial charge in [-0.1, -0.05) is 36.8 Å². The van der Waals surface area contributed by atoms with E-state index in [1.54, 1.807) is 0 Å². The average molecular weight is 362 g/mol. The van der Waals surface area contributed by atoms with Crippen LogP contribution >= 0.6 is 0 Å². The van der Waals surface area contributed by atoms with Gasteiger partial charge in [0.2, 0.25) is 0 Å². The number of benzene rings is 1. The fraction of sp³-hybridized carbons (Fsp3) is 0.500. The van der Waals surface area contributed by atoms with E-state index in [1.807, 2.05) is 0 Å². The molecule has 0 aromatic heterocycles. The second kappa shape index (κ2) is 12.2. The van der Waals surface area contributed by atoms with E-state index in [0.717, 1.165) is 6.54 Å². The molecule has 0 spiro atoms. The Kier molecular flexibility index (Phi) is 10.3. The van der Waals surface area contributed by atoms with Gasteiger partial charge >= 0.3 is 11.9 Å². The van der Waals surface area contributed by atoms with Crippen molar-refractivity contribution in [3.63, 3.8) is 0 Å². The summed E-state index contributed by atoms with van der Waals surface area (Å²) in [5.74, 6) is -2.51. The molecule has 1 aliphatic rings. The quantitative estimate of drug-likeness (QED) is 0.726. The Morgan fingerprint density at radius 2 is 1.58 bits per heavy atom. The molecule has 2 N–H and O–H groups in total. The molecule has 1 aromatic carbocycles. The number of carbonyl (C=O) groups is 2. The highest BCUT2D eigenvalue weighted by Gasteiger charge is 2.21. The molecule has 1 heterocycles. The van der Waals surface area contributed by atoms with E-state index in [4.69, 9.17) is 10.2 Å². The van der Waals surface area contributed by atoms with Crippen LogP contribution in [0.1, 0.15) is 37.3 Å². The Hall–Kier alpha value is -2.18. The summed E-state index contributed by atoms with van der Waals surface area (Å²) < 4.78 is 0. The summed E-state index contributed by atoms with van der Waals surface area (Å²) in [6, 6.07) is 11.6. The normalized spacial score (nSPS) is 16.1. The third-order valence-electron chi connectivity index (χ3n) is 4.23. The molecule has 2 rings (SSSR count). The van der Waals surface area contributed by atoms with Crippen molar-refractivity contribution in [1.29, 1.82) is 0 Å². The molecule has 1 aliphatic heterocycles. The van der Waals surface area contributed by atoms with Crippen molar-refractivity contribution in [2.75, 3.05) is 33.7 Å². The van der Waals surface area contributed by atoms with Crippen molar-refractivity contribution < 1.29 is 19.8 Å². The van der Waals surface area contributed by atoms with Crippen LogP contribution in [0.4, 0.5) is 0 Å². The maximum atomic E-state index is 9.55. The van der Waals surface area contributed by atoms with Gasteiger partial charge < -0.3 is 15.1 Å². The lowest BCUT2D eigenvalue weighted by atomic mass is 9.99. The third-order valence-corrected chi connectivity index (χ3v) is 4.23. The minimum atomic E-state index is -1.26. The molecule has 1 atom stereocenters. The molecule has 6 nitrogen and oxygen atoms in total. The predicted octanol–water partition coefficient (Wildman–Crippen LogP) is 2.88. The van der Waals surface area contributed by atoms with Crippen LogP contribution in [0.2, 0.25) is 0 Å². The summed E-state index contributed by atoms with van der Waals surface area (Å²) in [7, 11) is 4.33. The van der Waals surface area contributed by atoms with Crippen molar-refractivity contribution in [2.24, 2.45) is 0 Å². The first-order valence-corrected chi connectivity index (χ1v) is 8.98. The number of aliphatic carboxylic acids is 2. The predicted molar refractivity (Wildman–Crippen MR) is 102 cm³/mol. The number of hydrogen-bond acceptors (Lipinski definition) is 4. The molecule has 0 radical (unpaired) electrons. The van der Waals surface area contributed by atoms with Gasteiger partial charge in [0.15, 0.2) is 0 Å². The van der Waals surface area contributed by atoms with Crippen molar-refractivity contribution >= 4 is 11.9 Å². The fourth-order valence-corrected chi connectivity index (χ4v) is 2.99. The maximum absolute atomic E-state index is 9.55. The van der Waals surface area contributed by atoms with Crippen LogP contribution < -0.4 is 0 Å². The molecule has 1 unspecified atom stereocenters. The summed E-state index contributed by atoms with van der Waals surface area (Å²) in [6.07, 6.45) is 6.49. The van der Waals surface area contributed by atoms with Gasteiger partial charge in [0.1, 0.15) is 0 Å². The van der Waals surface area contributed by atoms with Crippen LogP contribution in [0.3, 0.4) is 0 Å². The van der Waals surface area contributed by atoms with Crippen LogP contribution in [0.5, 0.6) is 0 Å². The molecule has 0 bridgehead atoms. The van der Waals surface area contributed by atoms with Crippen molar-refractivity contribution in [3.8, 4) is 0 Å². The highest BCUT2D eigenvalue weighted by atomic mass is 16.4. The fourth-order valence-electron chi connectivity index (χ4n) is 2.99. The van der Waals surface area contributed by atoms with Gasteiger partial charge in [0.25, 0.3) is 0 Å².